The Morgan fingerprint density at radius 1 is 1.33 bits per heavy atom. The molecule has 0 aliphatic heterocycles. The highest BCUT2D eigenvalue weighted by molar-refractivity contribution is 7.89. The van der Waals surface area contributed by atoms with Crippen LogP contribution >= 0.6 is 0 Å². The summed E-state index contributed by atoms with van der Waals surface area (Å²) in [5, 5.41) is 0. The van der Waals surface area contributed by atoms with Crippen molar-refractivity contribution < 1.29 is 17.9 Å². The van der Waals surface area contributed by atoms with Crippen LogP contribution in [-0.2, 0) is 14.8 Å². The van der Waals surface area contributed by atoms with E-state index in [1.165, 1.54) is 31.6 Å². The second-order valence-electron chi connectivity index (χ2n) is 4.19. The molecule has 0 atom stereocenters. The van der Waals surface area contributed by atoms with Crippen LogP contribution in [0.5, 0.6) is 5.75 Å². The van der Waals surface area contributed by atoms with E-state index < -0.39 is 10.0 Å². The molecule has 0 aromatic heterocycles. The average Bonchev–Trinajstić information content (AvgIpc) is 2.50. The average molecular weight is 312 g/mol. The fraction of sp³-hybridized carbons (Fsp3) is 0.429. The molecule has 0 spiro atoms. The van der Waals surface area contributed by atoms with Gasteiger partial charge in [0, 0.05) is 26.3 Å². The Bertz CT molecular complexity index is 632. The maximum absolute atomic E-state index is 12.6. The van der Waals surface area contributed by atoms with E-state index in [1.807, 2.05) is 0 Å². The van der Waals surface area contributed by atoms with Crippen molar-refractivity contribution in [1.82, 2.24) is 4.31 Å². The Hall–Kier alpha value is -1.59. The lowest BCUT2D eigenvalue weighted by Crippen LogP contribution is -2.30. The first-order valence-electron chi connectivity index (χ1n) is 6.29. The topological polar surface area (TPSA) is 81.9 Å². The number of nitrogens with zero attached hydrogens (tertiary/aromatic N) is 1. The smallest absolute Gasteiger partial charge is 0.246 e. The number of sulfonamides is 1. The number of benzene rings is 1. The van der Waals surface area contributed by atoms with Gasteiger partial charge in [-0.1, -0.05) is 11.8 Å². The van der Waals surface area contributed by atoms with Crippen LogP contribution in [0.15, 0.2) is 23.1 Å². The molecular weight excluding hydrogens is 292 g/mol. The van der Waals surface area contributed by atoms with Crippen molar-refractivity contribution in [3.63, 3.8) is 0 Å². The van der Waals surface area contributed by atoms with Gasteiger partial charge >= 0.3 is 0 Å². The fourth-order valence-corrected chi connectivity index (χ4v) is 2.95. The van der Waals surface area contributed by atoms with Gasteiger partial charge in [-0.25, -0.2) is 8.42 Å². The van der Waals surface area contributed by atoms with Crippen LogP contribution < -0.4 is 10.5 Å². The van der Waals surface area contributed by atoms with Gasteiger partial charge in [0.2, 0.25) is 10.0 Å². The summed E-state index contributed by atoms with van der Waals surface area (Å²) < 4.78 is 36.4. The maximum atomic E-state index is 12.6. The van der Waals surface area contributed by atoms with Crippen LogP contribution in [0.3, 0.4) is 0 Å². The van der Waals surface area contributed by atoms with E-state index in [0.29, 0.717) is 12.2 Å². The Labute approximate surface area is 125 Å². The van der Waals surface area contributed by atoms with Crippen molar-refractivity contribution in [3.8, 4) is 17.6 Å². The van der Waals surface area contributed by atoms with Gasteiger partial charge < -0.3 is 15.2 Å². The SMILES string of the molecule is COCCN(C)S(=O)(=O)c1cc(C#CCN)ccc1OC. The Kier molecular flexibility index (Phi) is 6.65. The molecule has 0 unspecified atom stereocenters. The van der Waals surface area contributed by atoms with Gasteiger partial charge in [0.1, 0.15) is 10.6 Å². The quantitative estimate of drug-likeness (QED) is 0.763. The third kappa shape index (κ3) is 4.44. The Morgan fingerprint density at radius 2 is 2.05 bits per heavy atom. The number of likely N-dealkylation sites (N-methyl/N-ethyl adjacent to an activating group) is 1. The molecule has 0 heterocycles. The first-order chi connectivity index (χ1) is 9.97. The minimum absolute atomic E-state index is 0.0763. The molecule has 0 fully saturated rings. The van der Waals surface area contributed by atoms with E-state index in [1.54, 1.807) is 12.1 Å². The molecule has 21 heavy (non-hydrogen) atoms. The zero-order chi connectivity index (χ0) is 15.9. The highest BCUT2D eigenvalue weighted by atomic mass is 32.2. The van der Waals surface area contributed by atoms with Gasteiger partial charge in [0.15, 0.2) is 0 Å². The van der Waals surface area contributed by atoms with Crippen molar-refractivity contribution in [2.45, 2.75) is 4.90 Å². The fourth-order valence-electron chi connectivity index (χ4n) is 1.62. The highest BCUT2D eigenvalue weighted by Gasteiger charge is 2.24. The normalized spacial score (nSPS) is 11.1. The Balaban J connectivity index is 3.25. The summed E-state index contributed by atoms with van der Waals surface area (Å²) in [5.41, 5.74) is 5.89. The van der Waals surface area contributed by atoms with Gasteiger partial charge in [-0.05, 0) is 18.2 Å². The van der Waals surface area contributed by atoms with Crippen molar-refractivity contribution in [1.29, 1.82) is 0 Å². The number of methoxy groups -OCH3 is 2. The molecule has 0 aliphatic carbocycles. The van der Waals surface area contributed by atoms with Crippen LogP contribution in [-0.4, -0.2) is 53.7 Å². The summed E-state index contributed by atoms with van der Waals surface area (Å²) in [6.07, 6.45) is 0. The van der Waals surface area contributed by atoms with E-state index in [9.17, 15) is 8.42 Å². The van der Waals surface area contributed by atoms with Crippen LogP contribution in [0, 0.1) is 11.8 Å². The Morgan fingerprint density at radius 3 is 2.62 bits per heavy atom. The minimum Gasteiger partial charge on any atom is -0.495 e. The van der Waals surface area contributed by atoms with Crippen LogP contribution in [0.1, 0.15) is 5.56 Å². The summed E-state index contributed by atoms with van der Waals surface area (Å²) in [7, 11) is 0.763. The van der Waals surface area contributed by atoms with E-state index in [4.69, 9.17) is 15.2 Å². The van der Waals surface area contributed by atoms with Gasteiger partial charge in [0.05, 0.1) is 20.3 Å². The zero-order valence-electron chi connectivity index (χ0n) is 12.4. The lowest BCUT2D eigenvalue weighted by Gasteiger charge is -2.18. The van der Waals surface area contributed by atoms with Crippen LogP contribution in [0.4, 0.5) is 0 Å². The highest BCUT2D eigenvalue weighted by Crippen LogP contribution is 2.27. The van der Waals surface area contributed by atoms with Crippen molar-refractivity contribution >= 4 is 10.0 Å². The third-order valence-electron chi connectivity index (χ3n) is 2.80. The second-order valence-corrected chi connectivity index (χ2v) is 6.20. The van der Waals surface area contributed by atoms with Gasteiger partial charge in [-0.2, -0.15) is 4.31 Å². The molecule has 0 radical (unpaired) electrons. The lowest BCUT2D eigenvalue weighted by atomic mass is 10.2. The number of hydrogen-bond acceptors (Lipinski definition) is 5. The lowest BCUT2D eigenvalue weighted by molar-refractivity contribution is 0.185. The molecule has 0 saturated carbocycles. The molecule has 7 heteroatoms. The summed E-state index contributed by atoms with van der Waals surface area (Å²) in [6.45, 7) is 0.771. The molecule has 0 saturated heterocycles. The molecule has 0 aliphatic rings. The monoisotopic (exact) mass is 312 g/mol. The van der Waals surface area contributed by atoms with Crippen LogP contribution in [0.25, 0.3) is 0 Å². The van der Waals surface area contributed by atoms with E-state index in [0.717, 1.165) is 0 Å². The van der Waals surface area contributed by atoms with Crippen LogP contribution in [0.2, 0.25) is 0 Å². The molecule has 116 valence electrons. The zero-order valence-corrected chi connectivity index (χ0v) is 13.2. The number of ether oxygens (including phenoxy) is 2. The molecular formula is C14H20N2O4S. The predicted octanol–water partition coefficient (Wildman–Crippen LogP) is 0.272. The molecule has 1 rings (SSSR count). The molecule has 1 aromatic carbocycles. The van der Waals surface area contributed by atoms with Crippen molar-refractivity contribution in [2.24, 2.45) is 5.73 Å². The van der Waals surface area contributed by atoms with E-state index in [2.05, 4.69) is 11.8 Å². The van der Waals surface area contributed by atoms with Gasteiger partial charge in [0.25, 0.3) is 0 Å². The minimum atomic E-state index is -3.67. The molecule has 1 aromatic rings. The second kappa shape index (κ2) is 8.00. The van der Waals surface area contributed by atoms with Crippen molar-refractivity contribution in [2.75, 3.05) is 41.0 Å². The predicted molar refractivity (Wildman–Crippen MR) is 80.6 cm³/mol. The summed E-state index contributed by atoms with van der Waals surface area (Å²) >= 11 is 0. The van der Waals surface area contributed by atoms with E-state index >= 15 is 0 Å². The largest absolute Gasteiger partial charge is 0.495 e. The molecule has 2 N–H and O–H groups in total. The summed E-state index contributed by atoms with van der Waals surface area (Å²) in [6, 6.07) is 4.76. The first-order valence-corrected chi connectivity index (χ1v) is 7.73. The molecule has 6 nitrogen and oxygen atoms in total. The van der Waals surface area contributed by atoms with Gasteiger partial charge in [-0.15, -0.1) is 0 Å². The summed E-state index contributed by atoms with van der Waals surface area (Å²) in [4.78, 5) is 0.0763. The number of nitrogens with two attached hydrogens (primary N) is 1. The maximum Gasteiger partial charge on any atom is 0.246 e. The first kappa shape index (κ1) is 17.5. The van der Waals surface area contributed by atoms with Gasteiger partial charge in [-0.3, -0.25) is 0 Å². The summed E-state index contributed by atoms with van der Waals surface area (Å²) in [5.74, 6) is 5.78. The molecule has 0 bridgehead atoms. The standard InChI is InChI=1S/C14H20N2O4S/c1-16(9-10-19-2)21(17,18)14-11-12(5-4-8-15)6-7-13(14)20-3/h6-7,11H,8-10,15H2,1-3H3. The third-order valence-corrected chi connectivity index (χ3v) is 4.68. The number of hydrogen-bond donors (Lipinski definition) is 1. The molecule has 0 amide bonds. The number of rotatable bonds is 6. The van der Waals surface area contributed by atoms with Crippen molar-refractivity contribution in [3.05, 3.63) is 23.8 Å². The van der Waals surface area contributed by atoms with E-state index in [-0.39, 0.29) is 23.7 Å².